The minimum absolute atomic E-state index is 0.117. The maximum absolute atomic E-state index is 4.32. The zero-order chi connectivity index (χ0) is 13.0. The summed E-state index contributed by atoms with van der Waals surface area (Å²) in [6, 6.07) is 8.36. The van der Waals surface area contributed by atoms with Crippen LogP contribution in [0.3, 0.4) is 0 Å². The van der Waals surface area contributed by atoms with E-state index in [1.54, 1.807) is 4.80 Å². The van der Waals surface area contributed by atoms with Crippen LogP contribution in [0.4, 0.5) is 0 Å². The van der Waals surface area contributed by atoms with Gasteiger partial charge in [0.1, 0.15) is 0 Å². The van der Waals surface area contributed by atoms with Crippen LogP contribution in [-0.2, 0) is 0 Å². The number of hydrogen-bond acceptors (Lipinski definition) is 4. The van der Waals surface area contributed by atoms with Crippen LogP contribution < -0.4 is 5.32 Å². The summed E-state index contributed by atoms with van der Waals surface area (Å²) in [5, 5.41) is 15.5. The number of aryl methyl sites for hydroxylation is 1. The van der Waals surface area contributed by atoms with Gasteiger partial charge in [-0.1, -0.05) is 28.1 Å². The molecule has 1 N–H and O–H groups in total. The lowest BCUT2D eigenvalue weighted by Crippen LogP contribution is -2.19. The van der Waals surface area contributed by atoms with Crippen LogP contribution in [0.5, 0.6) is 0 Å². The van der Waals surface area contributed by atoms with Crippen molar-refractivity contribution in [3.63, 3.8) is 0 Å². The highest BCUT2D eigenvalue weighted by Crippen LogP contribution is 2.22. The summed E-state index contributed by atoms with van der Waals surface area (Å²) in [5.74, 6) is 0.696. The molecule has 6 heteroatoms. The maximum atomic E-state index is 4.32. The van der Waals surface area contributed by atoms with Gasteiger partial charge in [-0.05, 0) is 49.8 Å². The maximum Gasteiger partial charge on any atom is 0.171 e. The topological polar surface area (TPSA) is 55.6 Å². The van der Waals surface area contributed by atoms with Crippen molar-refractivity contribution in [1.82, 2.24) is 25.5 Å². The number of aromatic nitrogens is 4. The minimum atomic E-state index is 0.117. The first kappa shape index (κ1) is 13.2. The Morgan fingerprint density at radius 1 is 1.33 bits per heavy atom. The molecule has 0 amide bonds. The van der Waals surface area contributed by atoms with Crippen molar-refractivity contribution in [3.8, 4) is 0 Å². The summed E-state index contributed by atoms with van der Waals surface area (Å²) < 4.78 is 1.07. The van der Waals surface area contributed by atoms with Crippen LogP contribution in [0.1, 0.15) is 23.9 Å². The molecule has 1 heterocycles. The van der Waals surface area contributed by atoms with Gasteiger partial charge < -0.3 is 5.32 Å². The molecule has 5 nitrogen and oxygen atoms in total. The zero-order valence-electron chi connectivity index (χ0n) is 10.5. The molecule has 0 bridgehead atoms. The van der Waals surface area contributed by atoms with Gasteiger partial charge in [0.25, 0.3) is 0 Å². The monoisotopic (exact) mass is 309 g/mol. The van der Waals surface area contributed by atoms with Crippen LogP contribution in [-0.4, -0.2) is 33.8 Å². The van der Waals surface area contributed by atoms with Gasteiger partial charge >= 0.3 is 0 Å². The van der Waals surface area contributed by atoms with E-state index in [1.807, 2.05) is 26.1 Å². The fourth-order valence-corrected chi connectivity index (χ4v) is 2.08. The van der Waals surface area contributed by atoms with E-state index in [4.69, 9.17) is 0 Å². The fourth-order valence-electron chi connectivity index (χ4n) is 1.81. The molecule has 0 fully saturated rings. The molecule has 2 rings (SSSR count). The zero-order valence-corrected chi connectivity index (χ0v) is 12.1. The Morgan fingerprint density at radius 3 is 2.61 bits per heavy atom. The average Bonchev–Trinajstić information content (AvgIpc) is 2.78. The molecule has 0 saturated carbocycles. The predicted octanol–water partition coefficient (Wildman–Crippen LogP) is 1.94. The van der Waals surface area contributed by atoms with Crippen molar-refractivity contribution >= 4 is 15.9 Å². The Labute approximate surface area is 115 Å². The van der Waals surface area contributed by atoms with E-state index < -0.39 is 0 Å². The van der Waals surface area contributed by atoms with E-state index in [0.717, 1.165) is 17.4 Å². The molecule has 0 aliphatic rings. The first-order valence-electron chi connectivity index (χ1n) is 5.87. The SMILES string of the molecule is CNCCC(c1ccc(Br)cc1)n1nnc(C)n1. The first-order chi connectivity index (χ1) is 8.70. The van der Waals surface area contributed by atoms with Gasteiger partial charge in [0.2, 0.25) is 0 Å². The minimum Gasteiger partial charge on any atom is -0.320 e. The Balaban J connectivity index is 2.27. The van der Waals surface area contributed by atoms with Gasteiger partial charge in [0.05, 0.1) is 6.04 Å². The Kier molecular flexibility index (Phi) is 4.43. The molecular formula is C12H16BrN5. The van der Waals surface area contributed by atoms with Crippen LogP contribution in [0.25, 0.3) is 0 Å². The van der Waals surface area contributed by atoms with Crippen molar-refractivity contribution in [2.45, 2.75) is 19.4 Å². The van der Waals surface area contributed by atoms with Crippen LogP contribution in [0.2, 0.25) is 0 Å². The second-order valence-electron chi connectivity index (χ2n) is 4.12. The normalized spacial score (nSPS) is 12.6. The molecule has 1 aromatic carbocycles. The number of halogens is 1. The van der Waals surface area contributed by atoms with Crippen LogP contribution >= 0.6 is 15.9 Å². The quantitative estimate of drug-likeness (QED) is 0.917. The summed E-state index contributed by atoms with van der Waals surface area (Å²) in [7, 11) is 1.94. The lowest BCUT2D eigenvalue weighted by molar-refractivity contribution is 0.421. The summed E-state index contributed by atoms with van der Waals surface area (Å²) in [4.78, 5) is 1.69. The highest BCUT2D eigenvalue weighted by Gasteiger charge is 2.16. The van der Waals surface area contributed by atoms with Crippen molar-refractivity contribution in [2.24, 2.45) is 0 Å². The highest BCUT2D eigenvalue weighted by atomic mass is 79.9. The summed E-state index contributed by atoms with van der Waals surface area (Å²) in [6.07, 6.45) is 0.925. The third-order valence-electron chi connectivity index (χ3n) is 2.73. The molecular weight excluding hydrogens is 294 g/mol. The molecule has 2 aromatic rings. The van der Waals surface area contributed by atoms with E-state index in [0.29, 0.717) is 5.82 Å². The number of benzene rings is 1. The van der Waals surface area contributed by atoms with Crippen molar-refractivity contribution in [2.75, 3.05) is 13.6 Å². The molecule has 0 aliphatic heterocycles. The number of nitrogens with one attached hydrogen (secondary N) is 1. The smallest absolute Gasteiger partial charge is 0.171 e. The number of rotatable bonds is 5. The highest BCUT2D eigenvalue weighted by molar-refractivity contribution is 9.10. The average molecular weight is 310 g/mol. The van der Waals surface area contributed by atoms with E-state index in [1.165, 1.54) is 5.56 Å². The third-order valence-corrected chi connectivity index (χ3v) is 3.26. The molecule has 0 spiro atoms. The van der Waals surface area contributed by atoms with Crippen molar-refractivity contribution in [1.29, 1.82) is 0 Å². The molecule has 0 aliphatic carbocycles. The van der Waals surface area contributed by atoms with E-state index in [-0.39, 0.29) is 6.04 Å². The lowest BCUT2D eigenvalue weighted by Gasteiger charge is -2.15. The van der Waals surface area contributed by atoms with Gasteiger partial charge in [-0.15, -0.1) is 10.2 Å². The van der Waals surface area contributed by atoms with Gasteiger partial charge in [-0.3, -0.25) is 0 Å². The summed E-state index contributed by atoms with van der Waals surface area (Å²) in [6.45, 7) is 2.75. The van der Waals surface area contributed by atoms with Crippen molar-refractivity contribution < 1.29 is 0 Å². The Hall–Kier alpha value is -1.27. The van der Waals surface area contributed by atoms with Gasteiger partial charge in [0, 0.05) is 4.47 Å². The van der Waals surface area contributed by atoms with Gasteiger partial charge in [-0.2, -0.15) is 4.80 Å². The van der Waals surface area contributed by atoms with Gasteiger partial charge in [-0.25, -0.2) is 0 Å². The molecule has 0 radical (unpaired) electrons. The van der Waals surface area contributed by atoms with Crippen LogP contribution in [0, 0.1) is 6.92 Å². The molecule has 0 saturated heterocycles. The fraction of sp³-hybridized carbons (Fsp3) is 0.417. The third kappa shape index (κ3) is 3.14. The molecule has 1 aromatic heterocycles. The molecule has 96 valence electrons. The number of nitrogens with zero attached hydrogens (tertiary/aromatic N) is 4. The Morgan fingerprint density at radius 2 is 2.06 bits per heavy atom. The summed E-state index contributed by atoms with van der Waals surface area (Å²) >= 11 is 3.44. The van der Waals surface area contributed by atoms with Crippen molar-refractivity contribution in [3.05, 3.63) is 40.1 Å². The second kappa shape index (κ2) is 6.06. The first-order valence-corrected chi connectivity index (χ1v) is 6.66. The Bertz CT molecular complexity index is 493. The molecule has 18 heavy (non-hydrogen) atoms. The number of tetrazole rings is 1. The lowest BCUT2D eigenvalue weighted by atomic mass is 10.0. The molecule has 1 atom stereocenters. The predicted molar refractivity (Wildman–Crippen MR) is 73.4 cm³/mol. The summed E-state index contributed by atoms with van der Waals surface area (Å²) in [5.41, 5.74) is 1.19. The standard InChI is InChI=1S/C12H16BrN5/c1-9-15-17-18(16-9)12(7-8-14-2)10-3-5-11(13)6-4-10/h3-6,12,14H,7-8H2,1-2H3. The van der Waals surface area contributed by atoms with Crippen LogP contribution in [0.15, 0.2) is 28.7 Å². The van der Waals surface area contributed by atoms with E-state index in [9.17, 15) is 0 Å². The second-order valence-corrected chi connectivity index (χ2v) is 5.03. The van der Waals surface area contributed by atoms with E-state index >= 15 is 0 Å². The van der Waals surface area contributed by atoms with E-state index in [2.05, 4.69) is 48.8 Å². The largest absolute Gasteiger partial charge is 0.320 e. The van der Waals surface area contributed by atoms with Gasteiger partial charge in [0.15, 0.2) is 5.82 Å². The number of hydrogen-bond donors (Lipinski definition) is 1. The molecule has 1 unspecified atom stereocenters.